The maximum atomic E-state index is 13.9. The summed E-state index contributed by atoms with van der Waals surface area (Å²) in [6, 6.07) is 6.39. The van der Waals surface area contributed by atoms with Gasteiger partial charge in [-0.25, -0.2) is 18.2 Å². The van der Waals surface area contributed by atoms with Crippen molar-refractivity contribution in [3.8, 4) is 11.5 Å². The van der Waals surface area contributed by atoms with Crippen LogP contribution in [0.5, 0.6) is 11.5 Å². The number of alkyl halides is 2. The molecular weight excluding hydrogens is 509 g/mol. The average molecular weight is 545 g/mol. The maximum absolute atomic E-state index is 13.9. The zero-order valence-corrected chi connectivity index (χ0v) is 22.7. The number of likely N-dealkylation sites (tertiary alicyclic amines) is 1. The van der Waals surface area contributed by atoms with Crippen molar-refractivity contribution < 1.29 is 31.9 Å². The molecule has 0 amide bonds. The van der Waals surface area contributed by atoms with Gasteiger partial charge >= 0.3 is 0 Å². The first kappa shape index (κ1) is 27.5. The van der Waals surface area contributed by atoms with Crippen LogP contribution in [0.25, 0.3) is 11.1 Å². The van der Waals surface area contributed by atoms with Gasteiger partial charge in [0.25, 0.3) is 5.92 Å². The van der Waals surface area contributed by atoms with Crippen molar-refractivity contribution in [3.63, 3.8) is 0 Å². The third-order valence-corrected chi connectivity index (χ3v) is 7.65. The fourth-order valence-electron chi connectivity index (χ4n) is 5.26. The minimum absolute atomic E-state index is 0.0979. The zero-order chi connectivity index (χ0) is 27.7. The molecule has 3 aromatic rings. The van der Waals surface area contributed by atoms with E-state index in [1.165, 1.54) is 19.1 Å². The Morgan fingerprint density at radius 1 is 1.18 bits per heavy atom. The van der Waals surface area contributed by atoms with E-state index < -0.39 is 5.92 Å². The number of hydrogen-bond acceptors (Lipinski definition) is 6. The van der Waals surface area contributed by atoms with Gasteiger partial charge in [0.05, 0.1) is 18.7 Å². The molecule has 1 saturated carbocycles. The number of ketones is 1. The minimum Gasteiger partial charge on any atom is -0.487 e. The Morgan fingerprint density at radius 3 is 2.56 bits per heavy atom. The first-order chi connectivity index (χ1) is 18.6. The molecule has 5 rings (SSSR count). The number of halogens is 3. The number of carbonyl (C=O) groups excluding carboxylic acids is 1. The van der Waals surface area contributed by atoms with E-state index in [4.69, 9.17) is 18.9 Å². The van der Waals surface area contributed by atoms with Gasteiger partial charge in [-0.15, -0.1) is 0 Å². The largest absolute Gasteiger partial charge is 0.487 e. The van der Waals surface area contributed by atoms with Crippen LogP contribution in [0.3, 0.4) is 0 Å². The van der Waals surface area contributed by atoms with Gasteiger partial charge in [-0.3, -0.25) is 9.69 Å². The summed E-state index contributed by atoms with van der Waals surface area (Å²) in [5, 5.41) is 0. The monoisotopic (exact) mass is 544 g/mol. The summed E-state index contributed by atoms with van der Waals surface area (Å²) >= 11 is 0. The Labute approximate surface area is 226 Å². The van der Waals surface area contributed by atoms with Crippen molar-refractivity contribution in [2.75, 3.05) is 32.8 Å². The van der Waals surface area contributed by atoms with Crippen molar-refractivity contribution in [1.82, 2.24) is 9.88 Å². The van der Waals surface area contributed by atoms with E-state index in [2.05, 4.69) is 0 Å². The Morgan fingerprint density at radius 2 is 1.90 bits per heavy atom. The molecule has 1 saturated heterocycles. The number of Topliss-reactive ketones (excluding diaryl/α,β-unsaturated/α-hetero) is 1. The molecule has 1 aromatic heterocycles. The number of aromatic nitrogens is 1. The Kier molecular flexibility index (Phi) is 7.89. The van der Waals surface area contributed by atoms with Crippen LogP contribution in [0.2, 0.25) is 0 Å². The molecule has 2 fully saturated rings. The van der Waals surface area contributed by atoms with Gasteiger partial charge in [0.1, 0.15) is 17.9 Å². The molecule has 9 heteroatoms. The van der Waals surface area contributed by atoms with Crippen LogP contribution in [0, 0.1) is 12.7 Å². The molecule has 2 aliphatic rings. The number of piperidine rings is 1. The Bertz CT molecular complexity index is 1330. The topological polar surface area (TPSA) is 64.8 Å². The quantitative estimate of drug-likeness (QED) is 0.241. The van der Waals surface area contributed by atoms with Crippen molar-refractivity contribution in [2.45, 2.75) is 70.6 Å². The lowest BCUT2D eigenvalue weighted by Gasteiger charge is -2.32. The summed E-state index contributed by atoms with van der Waals surface area (Å²) in [5.41, 5.74) is 3.02. The molecule has 2 aromatic carbocycles. The lowest BCUT2D eigenvalue weighted by atomic mass is 9.98. The number of carbonyl (C=O) groups is 1. The molecule has 1 aliphatic carbocycles. The number of benzene rings is 2. The van der Waals surface area contributed by atoms with Gasteiger partial charge in [-0.05, 0) is 75.3 Å². The average Bonchev–Trinajstić information content (AvgIpc) is 3.63. The predicted octanol–water partition coefficient (Wildman–Crippen LogP) is 7.04. The van der Waals surface area contributed by atoms with Crippen LogP contribution in [0.1, 0.15) is 85.2 Å². The Hall–Kier alpha value is -3.07. The second-order valence-electron chi connectivity index (χ2n) is 10.9. The second kappa shape index (κ2) is 11.2. The first-order valence-electron chi connectivity index (χ1n) is 13.7. The molecule has 0 bridgehead atoms. The highest BCUT2D eigenvalue weighted by Crippen LogP contribution is 2.47. The fourth-order valence-corrected chi connectivity index (χ4v) is 5.26. The van der Waals surface area contributed by atoms with E-state index in [0.29, 0.717) is 66.4 Å². The smallest absolute Gasteiger partial charge is 0.260 e. The van der Waals surface area contributed by atoms with Gasteiger partial charge < -0.3 is 13.9 Å². The van der Waals surface area contributed by atoms with E-state index in [1.54, 1.807) is 17.0 Å². The van der Waals surface area contributed by atoms with E-state index in [9.17, 15) is 18.0 Å². The second-order valence-corrected chi connectivity index (χ2v) is 10.9. The van der Waals surface area contributed by atoms with Gasteiger partial charge in [-0.2, -0.15) is 0 Å². The van der Waals surface area contributed by atoms with E-state index in [-0.39, 0.29) is 48.8 Å². The van der Waals surface area contributed by atoms with Crippen LogP contribution < -0.4 is 9.47 Å². The third-order valence-electron chi connectivity index (χ3n) is 7.65. The fraction of sp³-hybridized carbons (Fsp3) is 0.533. The zero-order valence-electron chi connectivity index (χ0n) is 22.7. The number of oxazole rings is 1. The maximum Gasteiger partial charge on any atom is 0.260 e. The van der Waals surface area contributed by atoms with E-state index >= 15 is 0 Å². The van der Waals surface area contributed by atoms with Crippen LogP contribution in [0.4, 0.5) is 13.2 Å². The molecule has 210 valence electrons. The number of fused-ring (bicyclic) bond motifs is 1. The van der Waals surface area contributed by atoms with Crippen molar-refractivity contribution in [2.24, 2.45) is 0 Å². The highest BCUT2D eigenvalue weighted by Gasteiger charge is 2.35. The molecule has 1 atom stereocenters. The number of aryl methyl sites for hydroxylation is 1. The molecule has 2 heterocycles. The SMILES string of the molecule is CC(=O)c1c(OCCN2CCCC(F)(F)C2)c(OCCC(C)c2ccc(F)cc2)c2oc(C3CC3)nc2c1C. The lowest BCUT2D eigenvalue weighted by Crippen LogP contribution is -2.44. The lowest BCUT2D eigenvalue weighted by molar-refractivity contribution is -0.0657. The summed E-state index contributed by atoms with van der Waals surface area (Å²) in [4.78, 5) is 19.2. The van der Waals surface area contributed by atoms with Gasteiger partial charge in [0.15, 0.2) is 17.4 Å². The summed E-state index contributed by atoms with van der Waals surface area (Å²) < 4.78 is 59.8. The molecule has 6 nitrogen and oxygen atoms in total. The van der Waals surface area contributed by atoms with Crippen LogP contribution in [-0.4, -0.2) is 54.4 Å². The highest BCUT2D eigenvalue weighted by molar-refractivity contribution is 6.05. The minimum atomic E-state index is -2.70. The number of hydrogen-bond donors (Lipinski definition) is 0. The van der Waals surface area contributed by atoms with Crippen LogP contribution in [-0.2, 0) is 0 Å². The molecule has 0 radical (unpaired) electrons. The van der Waals surface area contributed by atoms with E-state index in [1.807, 2.05) is 13.8 Å². The highest BCUT2D eigenvalue weighted by atomic mass is 19.3. The van der Waals surface area contributed by atoms with Crippen molar-refractivity contribution in [1.29, 1.82) is 0 Å². The number of rotatable bonds is 11. The third kappa shape index (κ3) is 6.24. The summed E-state index contributed by atoms with van der Waals surface area (Å²) in [6.07, 6.45) is 2.96. The standard InChI is InChI=1S/C30H35F3N2O4/c1-18(21-7-9-23(31)10-8-21)11-15-37-28-26(38-16-14-35-13-4-12-30(32,33)17-35)24(20(3)36)19(2)25-27(28)39-29(34-25)22-5-6-22/h7-10,18,22H,4-6,11-17H2,1-3H3. The van der Waals surface area contributed by atoms with Crippen molar-refractivity contribution in [3.05, 3.63) is 52.7 Å². The molecule has 1 unspecified atom stereocenters. The van der Waals surface area contributed by atoms with Gasteiger partial charge in [-0.1, -0.05) is 19.1 Å². The normalized spacial score (nSPS) is 18.3. The summed E-state index contributed by atoms with van der Waals surface area (Å²) in [5.74, 6) is -1.62. The number of ether oxygens (including phenoxy) is 2. The van der Waals surface area contributed by atoms with Gasteiger partial charge in [0, 0.05) is 18.9 Å². The summed E-state index contributed by atoms with van der Waals surface area (Å²) in [6.45, 7) is 6.31. The molecule has 1 aliphatic heterocycles. The number of nitrogens with zero attached hydrogens (tertiary/aromatic N) is 2. The summed E-state index contributed by atoms with van der Waals surface area (Å²) in [7, 11) is 0. The van der Waals surface area contributed by atoms with Crippen LogP contribution >= 0.6 is 0 Å². The van der Waals surface area contributed by atoms with Crippen LogP contribution in [0.15, 0.2) is 28.7 Å². The van der Waals surface area contributed by atoms with E-state index in [0.717, 1.165) is 18.4 Å². The molecule has 0 spiro atoms. The predicted molar refractivity (Wildman–Crippen MR) is 142 cm³/mol. The first-order valence-corrected chi connectivity index (χ1v) is 13.7. The van der Waals surface area contributed by atoms with Gasteiger partial charge in [0.2, 0.25) is 11.3 Å². The Balaban J connectivity index is 1.41. The van der Waals surface area contributed by atoms with Crippen molar-refractivity contribution >= 4 is 16.9 Å². The molecule has 0 N–H and O–H groups in total. The molecule has 39 heavy (non-hydrogen) atoms. The molecular formula is C30H35F3N2O4.